The van der Waals surface area contributed by atoms with Gasteiger partial charge in [0.2, 0.25) is 5.91 Å². The first-order chi connectivity index (χ1) is 33.2. The molecule has 1 fully saturated rings. The van der Waals surface area contributed by atoms with E-state index in [0.717, 1.165) is 83.5 Å². The first-order valence-electron chi connectivity index (χ1n) is 28.3. The molecule has 1 saturated heterocycles. The fourth-order valence-electron chi connectivity index (χ4n) is 8.76. The molecule has 68 heavy (non-hydrogen) atoms. The fourth-order valence-corrected chi connectivity index (χ4v) is 8.76. The molecule has 1 heterocycles. The van der Waals surface area contributed by atoms with Crippen molar-refractivity contribution < 1.29 is 49.3 Å². The van der Waals surface area contributed by atoms with Gasteiger partial charge < -0.3 is 45.1 Å². The van der Waals surface area contributed by atoms with Gasteiger partial charge >= 0.3 is 5.97 Å². The highest BCUT2D eigenvalue weighted by atomic mass is 16.7. The molecule has 0 saturated carbocycles. The van der Waals surface area contributed by atoms with Crippen LogP contribution < -0.4 is 5.32 Å². The van der Waals surface area contributed by atoms with Gasteiger partial charge in [0.1, 0.15) is 24.4 Å². The summed E-state index contributed by atoms with van der Waals surface area (Å²) in [5, 5.41) is 56.7. The Hall–Kier alpha value is -2.12. The lowest BCUT2D eigenvalue weighted by atomic mass is 9.99. The van der Waals surface area contributed by atoms with Crippen LogP contribution >= 0.6 is 0 Å². The number of ether oxygens (including phenoxy) is 3. The van der Waals surface area contributed by atoms with Crippen LogP contribution in [0.25, 0.3) is 0 Å². The third-order valence-electron chi connectivity index (χ3n) is 13.3. The van der Waals surface area contributed by atoms with E-state index < -0.39 is 67.4 Å². The largest absolute Gasteiger partial charge is 0.454 e. The Balaban J connectivity index is 2.75. The van der Waals surface area contributed by atoms with E-state index in [9.17, 15) is 35.1 Å². The molecule has 0 spiro atoms. The molecular formula is C57H105NO10. The van der Waals surface area contributed by atoms with E-state index in [2.05, 4.69) is 50.4 Å². The molecule has 0 aromatic rings. The topological polar surface area (TPSA) is 175 Å². The highest BCUT2D eigenvalue weighted by molar-refractivity contribution is 5.80. The highest BCUT2D eigenvalue weighted by Crippen LogP contribution is 2.26. The molecule has 0 bridgehead atoms. The normalized spacial score (nSPS) is 20.1. The minimum absolute atomic E-state index is 0.112. The number of unbranched alkanes of at least 4 members (excludes halogenated alkanes) is 30. The van der Waals surface area contributed by atoms with Crippen LogP contribution in [0.5, 0.6) is 0 Å². The number of rotatable bonds is 47. The summed E-state index contributed by atoms with van der Waals surface area (Å²) in [5.74, 6) is -1.20. The second-order valence-electron chi connectivity index (χ2n) is 19.7. The van der Waals surface area contributed by atoms with E-state index in [4.69, 9.17) is 14.2 Å². The van der Waals surface area contributed by atoms with Crippen LogP contribution in [0.3, 0.4) is 0 Å². The number of aliphatic hydroxyl groups excluding tert-OH is 5. The Morgan fingerprint density at radius 1 is 0.574 bits per heavy atom. The molecule has 6 N–H and O–H groups in total. The number of aliphatic hydroxyl groups is 5. The van der Waals surface area contributed by atoms with E-state index in [1.165, 1.54) is 122 Å². The summed E-state index contributed by atoms with van der Waals surface area (Å²) in [4.78, 5) is 26.4. The summed E-state index contributed by atoms with van der Waals surface area (Å²) in [6.45, 7) is 5.74. The summed E-state index contributed by atoms with van der Waals surface area (Å²) in [5.41, 5.74) is 0. The second kappa shape index (κ2) is 46.0. The van der Waals surface area contributed by atoms with Crippen LogP contribution in [-0.4, -0.2) is 99.6 Å². The van der Waals surface area contributed by atoms with Crippen molar-refractivity contribution in [2.24, 2.45) is 0 Å². The molecule has 1 amide bonds. The van der Waals surface area contributed by atoms with Gasteiger partial charge in [0, 0.05) is 6.42 Å². The van der Waals surface area contributed by atoms with Crippen LogP contribution in [0.15, 0.2) is 36.5 Å². The van der Waals surface area contributed by atoms with Gasteiger partial charge in [-0.15, -0.1) is 0 Å². The standard InChI is InChI=1S/C57H105NO10/c1-4-7-10-13-16-19-22-25-26-27-30-33-36-39-42-45-52(62)68-55-54(64)53(63)51(46-59)67-57(55)66-47-48(49(60)43-40-37-34-31-28-23-20-17-14-11-8-5-2)58-56(65)50(61)44-41-38-35-32-29-24-21-18-15-12-9-6-3/h16,19,22,25,40,43,48-51,53-55,57,59-61,63-64H,4-15,17-18,20-21,23-24,26-39,41-42,44-47H2,1-3H3,(H,58,65)/b19-16+,25-22+,43-40+. The highest BCUT2D eigenvalue weighted by Gasteiger charge is 2.47. The molecule has 0 aromatic carbocycles. The smallest absolute Gasteiger partial charge is 0.306 e. The zero-order valence-electron chi connectivity index (χ0n) is 43.7. The van der Waals surface area contributed by atoms with Gasteiger partial charge in [-0.1, -0.05) is 231 Å². The molecule has 1 aliphatic heterocycles. The number of amides is 1. The molecule has 0 aromatic heterocycles. The third-order valence-corrected chi connectivity index (χ3v) is 13.3. The number of esters is 1. The van der Waals surface area contributed by atoms with Crippen molar-refractivity contribution >= 4 is 11.9 Å². The predicted octanol–water partition coefficient (Wildman–Crippen LogP) is 12.3. The number of hydrogen-bond acceptors (Lipinski definition) is 10. The number of carbonyl (C=O) groups is 2. The maximum absolute atomic E-state index is 13.3. The van der Waals surface area contributed by atoms with Gasteiger partial charge in [-0.2, -0.15) is 0 Å². The number of hydrogen-bond donors (Lipinski definition) is 6. The molecule has 0 aliphatic carbocycles. The second-order valence-corrected chi connectivity index (χ2v) is 19.7. The Morgan fingerprint density at radius 3 is 1.50 bits per heavy atom. The molecule has 398 valence electrons. The van der Waals surface area contributed by atoms with Crippen molar-refractivity contribution in [3.8, 4) is 0 Å². The summed E-state index contributed by atoms with van der Waals surface area (Å²) in [7, 11) is 0. The van der Waals surface area contributed by atoms with Crippen molar-refractivity contribution in [3.63, 3.8) is 0 Å². The van der Waals surface area contributed by atoms with Crippen LogP contribution in [0.2, 0.25) is 0 Å². The molecular weight excluding hydrogens is 859 g/mol. The fraction of sp³-hybridized carbons (Fsp3) is 0.860. The summed E-state index contributed by atoms with van der Waals surface area (Å²) >= 11 is 0. The Bertz CT molecular complexity index is 1240. The van der Waals surface area contributed by atoms with Gasteiger partial charge in [-0.25, -0.2) is 0 Å². The van der Waals surface area contributed by atoms with Crippen LogP contribution in [0, 0.1) is 0 Å². The maximum Gasteiger partial charge on any atom is 0.306 e. The Morgan fingerprint density at radius 2 is 1.00 bits per heavy atom. The molecule has 11 heteroatoms. The number of allylic oxidation sites excluding steroid dienone is 5. The zero-order valence-corrected chi connectivity index (χ0v) is 43.7. The van der Waals surface area contributed by atoms with E-state index in [0.29, 0.717) is 19.3 Å². The molecule has 8 unspecified atom stereocenters. The molecule has 0 radical (unpaired) electrons. The van der Waals surface area contributed by atoms with Gasteiger partial charge in [0.25, 0.3) is 0 Å². The third kappa shape index (κ3) is 34.2. The minimum atomic E-state index is -1.61. The van der Waals surface area contributed by atoms with E-state index in [1.54, 1.807) is 6.08 Å². The first-order valence-corrected chi connectivity index (χ1v) is 28.3. The Kier molecular flexibility index (Phi) is 43.2. The van der Waals surface area contributed by atoms with Gasteiger partial charge in [-0.05, 0) is 51.4 Å². The van der Waals surface area contributed by atoms with Crippen molar-refractivity contribution in [3.05, 3.63) is 36.5 Å². The lowest BCUT2D eigenvalue weighted by Gasteiger charge is -2.41. The van der Waals surface area contributed by atoms with Crippen LogP contribution in [0.4, 0.5) is 0 Å². The number of carbonyl (C=O) groups excluding carboxylic acids is 2. The van der Waals surface area contributed by atoms with Crippen LogP contribution in [-0.2, 0) is 23.8 Å². The van der Waals surface area contributed by atoms with Crippen molar-refractivity contribution in [1.82, 2.24) is 5.32 Å². The number of nitrogens with one attached hydrogen (secondary N) is 1. The lowest BCUT2D eigenvalue weighted by Crippen LogP contribution is -2.61. The Labute approximate surface area is 415 Å². The molecule has 1 aliphatic rings. The monoisotopic (exact) mass is 964 g/mol. The lowest BCUT2D eigenvalue weighted by molar-refractivity contribution is -0.305. The first kappa shape index (κ1) is 63.9. The summed E-state index contributed by atoms with van der Waals surface area (Å²) in [6, 6.07) is -1.02. The van der Waals surface area contributed by atoms with Crippen molar-refractivity contribution in [2.45, 2.75) is 301 Å². The minimum Gasteiger partial charge on any atom is -0.454 e. The average molecular weight is 964 g/mol. The summed E-state index contributed by atoms with van der Waals surface area (Å²) < 4.78 is 17.5. The summed E-state index contributed by atoms with van der Waals surface area (Å²) in [6.07, 6.45) is 41.8. The average Bonchev–Trinajstić information content (AvgIpc) is 3.33. The predicted molar refractivity (Wildman–Crippen MR) is 278 cm³/mol. The van der Waals surface area contributed by atoms with Crippen molar-refractivity contribution in [2.75, 3.05) is 13.2 Å². The molecule has 11 nitrogen and oxygen atoms in total. The van der Waals surface area contributed by atoms with Crippen LogP contribution in [0.1, 0.15) is 252 Å². The molecule has 1 rings (SSSR count). The van der Waals surface area contributed by atoms with E-state index in [-0.39, 0.29) is 13.0 Å². The zero-order chi connectivity index (χ0) is 49.7. The van der Waals surface area contributed by atoms with E-state index >= 15 is 0 Å². The molecule has 8 atom stereocenters. The maximum atomic E-state index is 13.3. The van der Waals surface area contributed by atoms with E-state index in [1.807, 2.05) is 6.08 Å². The quantitative estimate of drug-likeness (QED) is 0.0149. The SMILES string of the molecule is CCCCC/C=C/C=C/CCCCCCCCC(=O)OC1C(OCC(NC(=O)C(O)CCCCCCCCCCCCCC)C(O)/C=C/CCCCCCCCCCCC)OC(CO)C(O)C1O. The van der Waals surface area contributed by atoms with Gasteiger partial charge in [-0.3, -0.25) is 9.59 Å². The van der Waals surface area contributed by atoms with Crippen molar-refractivity contribution in [1.29, 1.82) is 0 Å². The van der Waals surface area contributed by atoms with Gasteiger partial charge in [0.15, 0.2) is 12.4 Å². The van der Waals surface area contributed by atoms with Gasteiger partial charge in [0.05, 0.1) is 25.4 Å².